The van der Waals surface area contributed by atoms with Crippen LogP contribution in [0.1, 0.15) is 38.5 Å². The van der Waals surface area contributed by atoms with E-state index in [0.717, 1.165) is 24.2 Å². The van der Waals surface area contributed by atoms with Crippen molar-refractivity contribution < 1.29 is 27.9 Å². The van der Waals surface area contributed by atoms with Crippen LogP contribution in [-0.4, -0.2) is 46.8 Å². The molecule has 3 unspecified atom stereocenters. The Morgan fingerprint density at radius 3 is 2.43 bits per heavy atom. The molecule has 1 aliphatic heterocycles. The van der Waals surface area contributed by atoms with Gasteiger partial charge in [0, 0.05) is 6.04 Å². The number of aliphatic carboxylic acids is 1. The number of hydrogen-bond donors (Lipinski definition) is 2. The molecule has 2 rings (SSSR count). The molecule has 0 radical (unpaired) electrons. The number of carboxylic acid groups (broad SMARTS) is 1. The minimum absolute atomic E-state index is 0.200. The highest BCUT2D eigenvalue weighted by molar-refractivity contribution is 5.83. The minimum atomic E-state index is -4.50. The van der Waals surface area contributed by atoms with Crippen LogP contribution in [-0.2, 0) is 4.79 Å². The molecular weight excluding hydrogens is 289 g/mol. The smallest absolute Gasteiger partial charge is 0.405 e. The van der Waals surface area contributed by atoms with Gasteiger partial charge in [-0.2, -0.15) is 13.2 Å². The molecule has 0 bridgehead atoms. The zero-order valence-corrected chi connectivity index (χ0v) is 11.5. The Hall–Kier alpha value is -1.47. The second kappa shape index (κ2) is 6.11. The third-order valence-corrected chi connectivity index (χ3v) is 4.33. The van der Waals surface area contributed by atoms with Crippen LogP contribution in [0, 0.1) is 5.92 Å². The maximum absolute atomic E-state index is 12.2. The summed E-state index contributed by atoms with van der Waals surface area (Å²) in [7, 11) is 0. The Labute approximate surface area is 120 Å². The Morgan fingerprint density at radius 1 is 1.14 bits per heavy atom. The van der Waals surface area contributed by atoms with Crippen molar-refractivity contribution in [3.05, 3.63) is 0 Å². The number of nitrogens with one attached hydrogen (secondary N) is 1. The second-order valence-corrected chi connectivity index (χ2v) is 5.72. The van der Waals surface area contributed by atoms with Gasteiger partial charge >= 0.3 is 18.2 Å². The lowest BCUT2D eigenvalue weighted by atomic mass is 9.76. The number of amides is 2. The van der Waals surface area contributed by atoms with Gasteiger partial charge in [0.25, 0.3) is 0 Å². The Bertz CT molecular complexity index is 414. The van der Waals surface area contributed by atoms with Crippen LogP contribution in [0.4, 0.5) is 18.0 Å². The van der Waals surface area contributed by atoms with Crippen molar-refractivity contribution in [2.75, 3.05) is 6.54 Å². The van der Waals surface area contributed by atoms with E-state index < -0.39 is 30.8 Å². The van der Waals surface area contributed by atoms with Gasteiger partial charge in [-0.25, -0.2) is 9.59 Å². The van der Waals surface area contributed by atoms with Gasteiger partial charge in [-0.3, -0.25) is 0 Å². The largest absolute Gasteiger partial charge is 0.480 e. The number of nitrogens with zero attached hydrogens (tertiary/aromatic N) is 1. The van der Waals surface area contributed by atoms with E-state index in [0.29, 0.717) is 19.3 Å². The molecule has 21 heavy (non-hydrogen) atoms. The maximum atomic E-state index is 12.2. The predicted octanol–water partition coefficient (Wildman–Crippen LogP) is 2.37. The minimum Gasteiger partial charge on any atom is -0.480 e. The third kappa shape index (κ3) is 3.79. The van der Waals surface area contributed by atoms with Gasteiger partial charge in [0.15, 0.2) is 0 Å². The molecule has 2 N–H and O–H groups in total. The van der Waals surface area contributed by atoms with Crippen molar-refractivity contribution in [3.8, 4) is 0 Å². The van der Waals surface area contributed by atoms with E-state index in [9.17, 15) is 27.9 Å². The summed E-state index contributed by atoms with van der Waals surface area (Å²) in [6, 6.07) is -2.21. The number of halogens is 3. The van der Waals surface area contributed by atoms with Crippen LogP contribution in [0.3, 0.4) is 0 Å². The highest BCUT2D eigenvalue weighted by Crippen LogP contribution is 2.38. The summed E-state index contributed by atoms with van der Waals surface area (Å²) in [4.78, 5) is 24.5. The van der Waals surface area contributed by atoms with E-state index in [1.54, 1.807) is 0 Å². The maximum Gasteiger partial charge on any atom is 0.405 e. The van der Waals surface area contributed by atoms with E-state index in [4.69, 9.17) is 0 Å². The van der Waals surface area contributed by atoms with E-state index in [2.05, 4.69) is 0 Å². The van der Waals surface area contributed by atoms with Gasteiger partial charge in [0.2, 0.25) is 0 Å². The zero-order chi connectivity index (χ0) is 15.6. The van der Waals surface area contributed by atoms with Crippen LogP contribution in [0.2, 0.25) is 0 Å². The lowest BCUT2D eigenvalue weighted by Crippen LogP contribution is -2.60. The summed E-state index contributed by atoms with van der Waals surface area (Å²) in [5, 5.41) is 11.0. The molecule has 1 saturated carbocycles. The first-order valence-electron chi connectivity index (χ1n) is 7.15. The van der Waals surface area contributed by atoms with Gasteiger partial charge < -0.3 is 15.3 Å². The van der Waals surface area contributed by atoms with Crippen LogP contribution in [0.25, 0.3) is 0 Å². The number of carbonyl (C=O) groups is 2. The van der Waals surface area contributed by atoms with Crippen LogP contribution >= 0.6 is 0 Å². The van der Waals surface area contributed by atoms with Crippen molar-refractivity contribution in [2.24, 2.45) is 5.92 Å². The molecule has 2 aliphatic rings. The van der Waals surface area contributed by atoms with Crippen molar-refractivity contribution in [3.63, 3.8) is 0 Å². The fraction of sp³-hybridized carbons (Fsp3) is 0.846. The quantitative estimate of drug-likeness (QED) is 0.823. The molecule has 2 amide bonds. The fourth-order valence-corrected chi connectivity index (χ4v) is 3.43. The lowest BCUT2D eigenvalue weighted by Gasteiger charge is -2.46. The Balaban J connectivity index is 2.12. The number of likely N-dealkylation sites (tertiary alicyclic amines) is 1. The SMILES string of the molecule is O=C(O)C1CCC2CCCCC2N1C(=O)NCC(F)(F)F. The molecule has 2 fully saturated rings. The first-order chi connectivity index (χ1) is 9.79. The molecule has 5 nitrogen and oxygen atoms in total. The highest BCUT2D eigenvalue weighted by atomic mass is 19.4. The molecule has 120 valence electrons. The van der Waals surface area contributed by atoms with Gasteiger partial charge in [-0.1, -0.05) is 12.8 Å². The van der Waals surface area contributed by atoms with E-state index in [-0.39, 0.29) is 12.0 Å². The molecule has 1 saturated heterocycles. The monoisotopic (exact) mass is 308 g/mol. The predicted molar refractivity (Wildman–Crippen MR) is 67.7 cm³/mol. The number of fused-ring (bicyclic) bond motifs is 1. The van der Waals surface area contributed by atoms with E-state index in [1.165, 1.54) is 0 Å². The van der Waals surface area contributed by atoms with Gasteiger partial charge in [0.05, 0.1) is 0 Å². The summed E-state index contributed by atoms with van der Waals surface area (Å²) in [5.74, 6) is -0.952. The molecule has 0 aromatic carbocycles. The summed E-state index contributed by atoms with van der Waals surface area (Å²) >= 11 is 0. The van der Waals surface area contributed by atoms with Crippen molar-refractivity contribution in [1.29, 1.82) is 0 Å². The first-order valence-corrected chi connectivity index (χ1v) is 7.15. The fourth-order valence-electron chi connectivity index (χ4n) is 3.43. The number of piperidine rings is 1. The molecule has 0 aromatic rings. The van der Waals surface area contributed by atoms with Crippen LogP contribution in [0.5, 0.6) is 0 Å². The molecule has 0 aromatic heterocycles. The Kier molecular flexibility index (Phi) is 4.63. The number of alkyl halides is 3. The molecule has 3 atom stereocenters. The normalized spacial score (nSPS) is 29.7. The topological polar surface area (TPSA) is 69.6 Å². The average Bonchev–Trinajstić information content (AvgIpc) is 2.42. The molecular formula is C13H19F3N2O3. The average molecular weight is 308 g/mol. The summed E-state index contributed by atoms with van der Waals surface area (Å²) in [5.41, 5.74) is 0. The summed E-state index contributed by atoms with van der Waals surface area (Å²) < 4.78 is 36.7. The number of carboxylic acids is 1. The second-order valence-electron chi connectivity index (χ2n) is 5.72. The Morgan fingerprint density at radius 2 is 1.81 bits per heavy atom. The van der Waals surface area contributed by atoms with Crippen molar-refractivity contribution >= 4 is 12.0 Å². The number of carbonyl (C=O) groups excluding carboxylic acids is 1. The lowest BCUT2D eigenvalue weighted by molar-refractivity contribution is -0.146. The van der Waals surface area contributed by atoms with Gasteiger partial charge in [0.1, 0.15) is 12.6 Å². The highest BCUT2D eigenvalue weighted by Gasteiger charge is 2.44. The molecule has 1 aliphatic carbocycles. The molecule has 1 heterocycles. The van der Waals surface area contributed by atoms with Gasteiger partial charge in [-0.15, -0.1) is 0 Å². The van der Waals surface area contributed by atoms with Gasteiger partial charge in [-0.05, 0) is 31.6 Å². The van der Waals surface area contributed by atoms with Crippen LogP contribution < -0.4 is 5.32 Å². The first kappa shape index (κ1) is 15.9. The van der Waals surface area contributed by atoms with Crippen molar-refractivity contribution in [2.45, 2.75) is 56.8 Å². The van der Waals surface area contributed by atoms with Crippen molar-refractivity contribution in [1.82, 2.24) is 10.2 Å². The molecule has 8 heteroatoms. The number of hydrogen-bond acceptors (Lipinski definition) is 2. The summed E-state index contributed by atoms with van der Waals surface area (Å²) in [6.45, 7) is -1.44. The standard InChI is InChI=1S/C13H19F3N2O3/c14-13(15,16)7-17-12(21)18-9-4-2-1-3-8(9)5-6-10(18)11(19)20/h8-10H,1-7H2,(H,17,21)(H,19,20). The molecule has 0 spiro atoms. The zero-order valence-electron chi connectivity index (χ0n) is 11.5. The third-order valence-electron chi connectivity index (χ3n) is 4.33. The number of rotatable bonds is 2. The van der Waals surface area contributed by atoms with Crippen LogP contribution in [0.15, 0.2) is 0 Å². The summed E-state index contributed by atoms with van der Waals surface area (Å²) in [6.07, 6.45) is -0.0296. The number of urea groups is 1. The van der Waals surface area contributed by atoms with E-state index >= 15 is 0 Å². The van der Waals surface area contributed by atoms with E-state index in [1.807, 2.05) is 5.32 Å².